The number of carboxylic acids is 5. The molecular formula is C18H33N7O11. The molecule has 1 amide bonds. The van der Waals surface area contributed by atoms with Crippen LogP contribution in [0.3, 0.4) is 0 Å². The van der Waals surface area contributed by atoms with Crippen molar-refractivity contribution in [3.8, 4) is 0 Å². The van der Waals surface area contributed by atoms with Crippen LogP contribution in [0.1, 0.15) is 31.4 Å². The number of aromatic amines is 1. The largest absolute Gasteiger partial charge is 0.481 e. The van der Waals surface area contributed by atoms with E-state index < -0.39 is 53.9 Å². The normalized spacial score (nSPS) is 11.9. The van der Waals surface area contributed by atoms with Crippen molar-refractivity contribution < 1.29 is 54.3 Å². The Kier molecular flexibility index (Phi) is 21.7. The highest BCUT2D eigenvalue weighted by atomic mass is 16.4. The standard InChI is InChI=1S/C6H9N3O2.C5H10N2O3.C5H9NO4.C2H5NO2/c7-5(6(10)11)1-4-2-8-3-9-4;2*6-3(5(9)10)1-2-4(7)8;3-1-2(4)5/h2-3,5H,1,7H2,(H,8,9)(H,10,11);3H,1-2,6H2,(H2,7,8)(H,9,10);3H,1-2,6H2,(H,7,8)(H,9,10);1,3H2,(H,4,5)/t5-;2*3-;/m000./s1. The van der Waals surface area contributed by atoms with Crippen LogP contribution in [0.2, 0.25) is 0 Å². The van der Waals surface area contributed by atoms with Gasteiger partial charge in [0.2, 0.25) is 5.91 Å². The monoisotopic (exact) mass is 523 g/mol. The van der Waals surface area contributed by atoms with Crippen molar-refractivity contribution in [3.05, 3.63) is 18.2 Å². The fourth-order valence-electron chi connectivity index (χ4n) is 1.54. The number of imidazole rings is 1. The van der Waals surface area contributed by atoms with Crippen molar-refractivity contribution in [2.45, 2.75) is 50.2 Å². The van der Waals surface area contributed by atoms with Gasteiger partial charge in [-0.1, -0.05) is 0 Å². The number of primary amides is 1. The highest BCUT2D eigenvalue weighted by molar-refractivity contribution is 5.77. The van der Waals surface area contributed by atoms with E-state index in [0.29, 0.717) is 0 Å². The lowest BCUT2D eigenvalue weighted by molar-refractivity contribution is -0.141. The average molecular weight is 524 g/mol. The lowest BCUT2D eigenvalue weighted by atomic mass is 10.2. The van der Waals surface area contributed by atoms with Crippen LogP contribution in [-0.4, -0.2) is 95.9 Å². The Labute approximate surface area is 204 Å². The van der Waals surface area contributed by atoms with Gasteiger partial charge in [0, 0.05) is 31.2 Å². The summed E-state index contributed by atoms with van der Waals surface area (Å²) in [5.41, 5.74) is 25.4. The number of amides is 1. The minimum atomic E-state index is -1.17. The van der Waals surface area contributed by atoms with E-state index in [1.54, 1.807) is 6.20 Å². The van der Waals surface area contributed by atoms with Crippen LogP contribution >= 0.6 is 0 Å². The van der Waals surface area contributed by atoms with Crippen LogP contribution in [0.4, 0.5) is 0 Å². The van der Waals surface area contributed by atoms with Crippen LogP contribution in [0, 0.1) is 0 Å². The molecule has 0 unspecified atom stereocenters. The third-order valence-electron chi connectivity index (χ3n) is 3.49. The lowest BCUT2D eigenvalue weighted by Crippen LogP contribution is -2.32. The van der Waals surface area contributed by atoms with E-state index in [2.05, 4.69) is 15.7 Å². The summed E-state index contributed by atoms with van der Waals surface area (Å²) in [5, 5.41) is 40.5. The molecule has 1 aromatic heterocycles. The van der Waals surface area contributed by atoms with E-state index in [1.807, 2.05) is 0 Å². The van der Waals surface area contributed by atoms with Crippen molar-refractivity contribution in [2.75, 3.05) is 6.54 Å². The molecule has 18 nitrogen and oxygen atoms in total. The van der Waals surface area contributed by atoms with Gasteiger partial charge < -0.3 is 59.2 Å². The zero-order valence-corrected chi connectivity index (χ0v) is 19.1. The first-order valence-corrected chi connectivity index (χ1v) is 9.89. The minimum Gasteiger partial charge on any atom is -0.481 e. The zero-order chi connectivity index (χ0) is 28.8. The molecule has 0 fully saturated rings. The molecule has 0 saturated carbocycles. The smallest absolute Gasteiger partial charge is 0.320 e. The number of carboxylic acid groups (broad SMARTS) is 5. The van der Waals surface area contributed by atoms with Crippen LogP contribution in [-0.2, 0) is 35.2 Å². The molecule has 18 heteroatoms. The number of nitrogens with one attached hydrogen (secondary N) is 1. The predicted molar refractivity (Wildman–Crippen MR) is 121 cm³/mol. The zero-order valence-electron chi connectivity index (χ0n) is 19.1. The van der Waals surface area contributed by atoms with E-state index in [0.717, 1.165) is 5.69 Å². The van der Waals surface area contributed by atoms with E-state index in [4.69, 9.17) is 48.5 Å². The molecular weight excluding hydrogens is 490 g/mol. The lowest BCUT2D eigenvalue weighted by Gasteiger charge is -2.02. The molecule has 3 atom stereocenters. The summed E-state index contributed by atoms with van der Waals surface area (Å²) in [6, 6.07) is -2.89. The van der Waals surface area contributed by atoms with Gasteiger partial charge in [0.05, 0.1) is 12.9 Å². The minimum absolute atomic E-state index is 0.0213. The molecule has 0 aliphatic carbocycles. The molecule has 206 valence electrons. The van der Waals surface area contributed by atoms with Crippen LogP contribution in [0.5, 0.6) is 0 Å². The molecule has 36 heavy (non-hydrogen) atoms. The number of aromatic nitrogens is 2. The number of hydrogen-bond acceptors (Lipinski definition) is 11. The maximum atomic E-state index is 10.3. The number of carbonyl (C=O) groups excluding carboxylic acids is 1. The summed E-state index contributed by atoms with van der Waals surface area (Å²) in [6.07, 6.45) is 3.23. The van der Waals surface area contributed by atoms with Gasteiger partial charge in [0.15, 0.2) is 0 Å². The Hall–Kier alpha value is -4.13. The second kappa shape index (κ2) is 21.4. The van der Waals surface area contributed by atoms with E-state index in [9.17, 15) is 28.8 Å². The fraction of sp³-hybridized carbons (Fsp3) is 0.500. The van der Waals surface area contributed by atoms with E-state index in [-0.39, 0.29) is 38.6 Å². The maximum Gasteiger partial charge on any atom is 0.320 e. The van der Waals surface area contributed by atoms with Gasteiger partial charge in [-0.05, 0) is 12.8 Å². The van der Waals surface area contributed by atoms with Crippen LogP contribution in [0.15, 0.2) is 12.5 Å². The molecule has 1 rings (SSSR count). The van der Waals surface area contributed by atoms with Crippen molar-refractivity contribution in [1.29, 1.82) is 0 Å². The highest BCUT2D eigenvalue weighted by Crippen LogP contribution is 1.95. The number of H-pyrrole nitrogens is 1. The van der Waals surface area contributed by atoms with Crippen LogP contribution < -0.4 is 28.7 Å². The Balaban J connectivity index is -0.000000416. The molecule has 1 aromatic rings. The number of aliphatic carboxylic acids is 5. The Bertz CT molecular complexity index is 784. The SMILES string of the molecule is NC(=O)CC[C@H](N)C(=O)O.NCC(=O)O.N[C@@H](CCC(=O)O)C(=O)O.N[C@@H](Cc1cnc[nH]1)C(=O)O. The molecule has 0 aliphatic heterocycles. The molecule has 0 spiro atoms. The maximum absolute atomic E-state index is 10.3. The molecule has 0 aliphatic rings. The summed E-state index contributed by atoms with van der Waals surface area (Å²) in [6.45, 7) is -0.278. The molecule has 0 saturated heterocycles. The summed E-state index contributed by atoms with van der Waals surface area (Å²) in [7, 11) is 0. The molecule has 0 radical (unpaired) electrons. The van der Waals surface area contributed by atoms with E-state index in [1.165, 1.54) is 6.33 Å². The van der Waals surface area contributed by atoms with Crippen molar-refractivity contribution in [2.24, 2.45) is 28.7 Å². The fourth-order valence-corrected chi connectivity index (χ4v) is 1.54. The van der Waals surface area contributed by atoms with Gasteiger partial charge in [0.25, 0.3) is 0 Å². The average Bonchev–Trinajstić information content (AvgIpc) is 3.29. The van der Waals surface area contributed by atoms with Crippen molar-refractivity contribution in [1.82, 2.24) is 9.97 Å². The second-order valence-electron chi connectivity index (χ2n) is 6.65. The van der Waals surface area contributed by atoms with Crippen LogP contribution in [0.25, 0.3) is 0 Å². The number of carbonyl (C=O) groups is 6. The first-order valence-electron chi connectivity index (χ1n) is 9.89. The first-order chi connectivity index (χ1) is 16.5. The van der Waals surface area contributed by atoms with Gasteiger partial charge in [-0.15, -0.1) is 0 Å². The van der Waals surface area contributed by atoms with E-state index >= 15 is 0 Å². The summed E-state index contributed by atoms with van der Waals surface area (Å²) in [4.78, 5) is 66.0. The van der Waals surface area contributed by atoms with Gasteiger partial charge >= 0.3 is 29.8 Å². The van der Waals surface area contributed by atoms with Crippen molar-refractivity contribution >= 4 is 35.8 Å². The second-order valence-corrected chi connectivity index (χ2v) is 6.65. The Morgan fingerprint density at radius 2 is 1.19 bits per heavy atom. The Morgan fingerprint density at radius 1 is 0.778 bits per heavy atom. The molecule has 0 aromatic carbocycles. The third kappa shape index (κ3) is 26.1. The Morgan fingerprint density at radius 3 is 1.47 bits per heavy atom. The third-order valence-corrected chi connectivity index (χ3v) is 3.49. The summed E-state index contributed by atoms with van der Waals surface area (Å²) < 4.78 is 0. The number of hydrogen-bond donors (Lipinski definition) is 11. The highest BCUT2D eigenvalue weighted by Gasteiger charge is 2.13. The topological polar surface area (TPSA) is 362 Å². The first kappa shape index (κ1) is 36.4. The molecule has 0 bridgehead atoms. The predicted octanol–water partition coefficient (Wildman–Crippen LogP) is -3.68. The van der Waals surface area contributed by atoms with Crippen molar-refractivity contribution in [3.63, 3.8) is 0 Å². The number of nitrogens with two attached hydrogens (primary N) is 5. The van der Waals surface area contributed by atoms with Gasteiger partial charge in [-0.25, -0.2) is 4.98 Å². The van der Waals surface area contributed by atoms with Gasteiger partial charge in [-0.3, -0.25) is 28.8 Å². The molecule has 16 N–H and O–H groups in total. The summed E-state index contributed by atoms with van der Waals surface area (Å²) in [5.74, 6) is -5.81. The van der Waals surface area contributed by atoms with Gasteiger partial charge in [0.1, 0.15) is 18.1 Å². The number of nitrogens with zero attached hydrogens (tertiary/aromatic N) is 1. The summed E-state index contributed by atoms with van der Waals surface area (Å²) >= 11 is 0. The van der Waals surface area contributed by atoms with Gasteiger partial charge in [-0.2, -0.15) is 0 Å². The number of rotatable bonds is 12. The molecule has 1 heterocycles. The quantitative estimate of drug-likeness (QED) is 0.125.